The fraction of sp³-hybridized carbons (Fsp3) is 0.211. The molecular formula is C19H18N4OS2. The van der Waals surface area contributed by atoms with Crippen LogP contribution in [0.5, 0.6) is 0 Å². The zero-order valence-corrected chi connectivity index (χ0v) is 16.2. The van der Waals surface area contributed by atoms with Crippen LogP contribution in [-0.2, 0) is 6.54 Å². The third-order valence-electron chi connectivity index (χ3n) is 4.05. The summed E-state index contributed by atoms with van der Waals surface area (Å²) in [5.41, 5.74) is 3.57. The molecule has 7 heteroatoms. The van der Waals surface area contributed by atoms with Crippen LogP contribution in [0.15, 0.2) is 41.1 Å². The molecule has 1 aromatic carbocycles. The van der Waals surface area contributed by atoms with Gasteiger partial charge in [0.2, 0.25) is 0 Å². The van der Waals surface area contributed by atoms with Crippen molar-refractivity contribution in [1.29, 1.82) is 0 Å². The topological polar surface area (TPSA) is 59.8 Å². The van der Waals surface area contributed by atoms with Crippen LogP contribution >= 0.6 is 22.7 Å². The molecule has 0 unspecified atom stereocenters. The Morgan fingerprint density at radius 1 is 1.19 bits per heavy atom. The number of anilines is 1. The predicted molar refractivity (Wildman–Crippen MR) is 108 cm³/mol. The van der Waals surface area contributed by atoms with Gasteiger partial charge in [0.25, 0.3) is 5.91 Å². The molecule has 5 nitrogen and oxygen atoms in total. The van der Waals surface area contributed by atoms with Gasteiger partial charge < -0.3 is 4.57 Å². The molecule has 0 spiro atoms. The predicted octanol–water partition coefficient (Wildman–Crippen LogP) is 5.19. The van der Waals surface area contributed by atoms with E-state index in [2.05, 4.69) is 51.0 Å². The lowest BCUT2D eigenvalue weighted by atomic mass is 10.2. The van der Waals surface area contributed by atoms with Gasteiger partial charge in [-0.25, -0.2) is 9.97 Å². The number of fused-ring (bicyclic) bond motifs is 1. The van der Waals surface area contributed by atoms with Crippen molar-refractivity contribution in [1.82, 2.24) is 14.5 Å². The van der Waals surface area contributed by atoms with E-state index in [9.17, 15) is 4.79 Å². The van der Waals surface area contributed by atoms with Crippen LogP contribution in [-0.4, -0.2) is 20.4 Å². The Labute approximate surface area is 159 Å². The minimum absolute atomic E-state index is 0.222. The Balaban J connectivity index is 1.66. The molecular weight excluding hydrogens is 364 g/mol. The van der Waals surface area contributed by atoms with E-state index < -0.39 is 0 Å². The van der Waals surface area contributed by atoms with Gasteiger partial charge in [0.15, 0.2) is 5.13 Å². The van der Waals surface area contributed by atoms with Crippen LogP contribution in [0.1, 0.15) is 29.5 Å². The first-order chi connectivity index (χ1) is 12.7. The number of aryl methyl sites for hydroxylation is 2. The van der Waals surface area contributed by atoms with E-state index >= 15 is 0 Å². The van der Waals surface area contributed by atoms with Crippen LogP contribution in [0.4, 0.5) is 5.13 Å². The maximum atomic E-state index is 12.4. The molecule has 0 radical (unpaired) electrons. The molecule has 1 N–H and O–H groups in total. The van der Waals surface area contributed by atoms with Gasteiger partial charge >= 0.3 is 0 Å². The molecule has 0 saturated carbocycles. The first kappa shape index (κ1) is 16.9. The van der Waals surface area contributed by atoms with Crippen molar-refractivity contribution in [3.05, 3.63) is 52.5 Å². The summed E-state index contributed by atoms with van der Waals surface area (Å²) >= 11 is 2.91. The maximum absolute atomic E-state index is 12.4. The molecule has 0 aliphatic carbocycles. The van der Waals surface area contributed by atoms with Gasteiger partial charge in [-0.3, -0.25) is 10.1 Å². The summed E-state index contributed by atoms with van der Waals surface area (Å²) in [6, 6.07) is 10.5. The van der Waals surface area contributed by atoms with Crippen molar-refractivity contribution in [2.75, 3.05) is 5.32 Å². The number of hydrogen-bond donors (Lipinski definition) is 1. The quantitative estimate of drug-likeness (QED) is 0.516. The van der Waals surface area contributed by atoms with E-state index in [4.69, 9.17) is 0 Å². The second-order valence-corrected chi connectivity index (χ2v) is 7.74. The lowest BCUT2D eigenvalue weighted by Gasteiger charge is -2.07. The lowest BCUT2D eigenvalue weighted by molar-refractivity contribution is 0.102. The van der Waals surface area contributed by atoms with Crippen molar-refractivity contribution in [2.24, 2.45) is 0 Å². The Morgan fingerprint density at radius 2 is 2.04 bits per heavy atom. The van der Waals surface area contributed by atoms with Crippen molar-refractivity contribution < 1.29 is 4.79 Å². The fourth-order valence-electron chi connectivity index (χ4n) is 2.92. The van der Waals surface area contributed by atoms with Crippen LogP contribution in [0.25, 0.3) is 21.6 Å². The van der Waals surface area contributed by atoms with Gasteiger partial charge in [0.05, 0.1) is 11.4 Å². The summed E-state index contributed by atoms with van der Waals surface area (Å²) in [6.45, 7) is 4.98. The third kappa shape index (κ3) is 3.15. The number of amides is 1. The normalized spacial score (nSPS) is 11.2. The van der Waals surface area contributed by atoms with Crippen molar-refractivity contribution in [2.45, 2.75) is 26.8 Å². The molecule has 0 aliphatic rings. The molecule has 132 valence electrons. The molecule has 0 aliphatic heterocycles. The summed E-state index contributed by atoms with van der Waals surface area (Å²) in [5, 5.41) is 9.17. The molecule has 0 saturated heterocycles. The van der Waals surface area contributed by atoms with E-state index in [1.807, 2.05) is 18.4 Å². The zero-order valence-electron chi connectivity index (χ0n) is 14.5. The number of aromatic nitrogens is 3. The smallest absolute Gasteiger partial charge is 0.276 e. The fourth-order valence-corrected chi connectivity index (χ4v) is 4.43. The number of rotatable bonds is 5. The van der Waals surface area contributed by atoms with E-state index in [1.165, 1.54) is 33.6 Å². The maximum Gasteiger partial charge on any atom is 0.276 e. The summed E-state index contributed by atoms with van der Waals surface area (Å²) in [6.07, 6.45) is 1.04. The minimum Gasteiger partial charge on any atom is -0.339 e. The van der Waals surface area contributed by atoms with Gasteiger partial charge in [-0.05, 0) is 25.5 Å². The number of hydrogen-bond acceptors (Lipinski definition) is 5. The highest BCUT2D eigenvalue weighted by molar-refractivity contribution is 7.14. The lowest BCUT2D eigenvalue weighted by Crippen LogP contribution is -2.12. The molecule has 0 atom stereocenters. The number of nitrogens with zero attached hydrogens (tertiary/aromatic N) is 3. The Bertz CT molecular complexity index is 1080. The summed E-state index contributed by atoms with van der Waals surface area (Å²) < 4.78 is 2.28. The number of carbonyl (C=O) groups is 1. The number of para-hydroxylation sites is 1. The third-order valence-corrected chi connectivity index (χ3v) is 5.79. The molecule has 1 amide bonds. The number of benzene rings is 1. The van der Waals surface area contributed by atoms with Crippen LogP contribution in [0.3, 0.4) is 0 Å². The highest BCUT2D eigenvalue weighted by atomic mass is 32.1. The molecule has 4 aromatic rings. The molecule has 0 bridgehead atoms. The first-order valence-corrected chi connectivity index (χ1v) is 10.2. The largest absolute Gasteiger partial charge is 0.339 e. The van der Waals surface area contributed by atoms with Gasteiger partial charge in [0, 0.05) is 28.2 Å². The average molecular weight is 383 g/mol. The second kappa shape index (κ2) is 7.01. The van der Waals surface area contributed by atoms with Crippen molar-refractivity contribution in [3.63, 3.8) is 0 Å². The molecule has 3 aromatic heterocycles. The summed E-state index contributed by atoms with van der Waals surface area (Å²) in [5.74, 6) is -0.222. The van der Waals surface area contributed by atoms with E-state index in [1.54, 1.807) is 5.38 Å². The summed E-state index contributed by atoms with van der Waals surface area (Å²) in [4.78, 5) is 21.3. The van der Waals surface area contributed by atoms with Crippen molar-refractivity contribution in [3.8, 4) is 10.7 Å². The Kier molecular flexibility index (Phi) is 4.57. The van der Waals surface area contributed by atoms with Crippen LogP contribution in [0.2, 0.25) is 0 Å². The van der Waals surface area contributed by atoms with Gasteiger partial charge in [0.1, 0.15) is 10.7 Å². The minimum atomic E-state index is -0.222. The SMILES string of the molecule is CCCn1c(-c2nc(C(=O)Nc3nc(C)cs3)cs2)cc2ccccc21. The van der Waals surface area contributed by atoms with Gasteiger partial charge in [-0.2, -0.15) is 0 Å². The molecule has 0 fully saturated rings. The number of thiazole rings is 2. The number of carbonyl (C=O) groups excluding carboxylic acids is 1. The first-order valence-electron chi connectivity index (χ1n) is 8.43. The molecule has 4 rings (SSSR count). The standard InChI is InChI=1S/C19H18N4OS2/c1-3-8-23-15-7-5-4-6-13(15)9-16(23)18-21-14(11-25-18)17(24)22-19-20-12(2)10-26-19/h4-7,9-11H,3,8H2,1-2H3,(H,20,22,24). The van der Waals surface area contributed by atoms with Crippen molar-refractivity contribution >= 4 is 44.6 Å². The van der Waals surface area contributed by atoms with Crippen LogP contribution < -0.4 is 5.32 Å². The van der Waals surface area contributed by atoms with Gasteiger partial charge in [-0.1, -0.05) is 25.1 Å². The van der Waals surface area contributed by atoms with E-state index in [0.717, 1.165) is 29.4 Å². The Morgan fingerprint density at radius 3 is 2.81 bits per heavy atom. The number of nitrogens with one attached hydrogen (secondary N) is 1. The summed E-state index contributed by atoms with van der Waals surface area (Å²) in [7, 11) is 0. The van der Waals surface area contributed by atoms with E-state index in [0.29, 0.717) is 10.8 Å². The highest BCUT2D eigenvalue weighted by Gasteiger charge is 2.17. The zero-order chi connectivity index (χ0) is 18.1. The second-order valence-electron chi connectivity index (χ2n) is 6.03. The monoisotopic (exact) mass is 382 g/mol. The van der Waals surface area contributed by atoms with Gasteiger partial charge in [-0.15, -0.1) is 22.7 Å². The van der Waals surface area contributed by atoms with Crippen LogP contribution in [0, 0.1) is 6.92 Å². The highest BCUT2D eigenvalue weighted by Crippen LogP contribution is 2.31. The molecule has 26 heavy (non-hydrogen) atoms. The average Bonchev–Trinajstić information content (AvgIpc) is 3.34. The molecule has 3 heterocycles. The Hall–Kier alpha value is -2.51. The van der Waals surface area contributed by atoms with E-state index in [-0.39, 0.29) is 5.91 Å².